The van der Waals surface area contributed by atoms with Gasteiger partial charge in [0.15, 0.2) is 2.82 Å². The van der Waals surface area contributed by atoms with Crippen molar-refractivity contribution in [3.8, 4) is 0 Å². The van der Waals surface area contributed by atoms with Gasteiger partial charge in [0, 0.05) is 41.1 Å². The maximum absolute atomic E-state index is 14.7. The van der Waals surface area contributed by atoms with E-state index < -0.39 is 72.3 Å². The van der Waals surface area contributed by atoms with Crippen molar-refractivity contribution < 1.29 is 37.6 Å². The monoisotopic (exact) mass is 468 g/mol. The van der Waals surface area contributed by atoms with Gasteiger partial charge in [-0.2, -0.15) is 8.78 Å². The van der Waals surface area contributed by atoms with Gasteiger partial charge in [-0.3, -0.25) is 24.5 Å². The Bertz CT molecular complexity index is 1410. The summed E-state index contributed by atoms with van der Waals surface area (Å²) in [6, 6.07) is 4.48. The summed E-state index contributed by atoms with van der Waals surface area (Å²) in [4.78, 5) is 50.6. The van der Waals surface area contributed by atoms with Crippen LogP contribution in [0.5, 0.6) is 0 Å². The Morgan fingerprint density at radius 2 is 2.03 bits per heavy atom. The smallest absolute Gasteiger partial charge is 0.346 e. The number of hydrogen-bond acceptors (Lipinski definition) is 4. The van der Waals surface area contributed by atoms with E-state index >= 15 is 0 Å². The highest BCUT2D eigenvalue weighted by atomic mass is 35.5. The molecule has 2 aromatic rings. The third-order valence-electron chi connectivity index (χ3n) is 4.82. The van der Waals surface area contributed by atoms with Crippen LogP contribution in [0.25, 0.3) is 0 Å². The zero-order valence-electron chi connectivity index (χ0n) is 23.1. The van der Waals surface area contributed by atoms with Gasteiger partial charge in [0.2, 0.25) is 11.8 Å². The lowest BCUT2D eigenvalue weighted by Crippen LogP contribution is -2.52. The van der Waals surface area contributed by atoms with E-state index in [4.69, 9.17) is 21.3 Å². The molecule has 4 amide bonds. The van der Waals surface area contributed by atoms with Crippen LogP contribution in [-0.4, -0.2) is 34.5 Å². The largest absolute Gasteiger partial charge is 0.349 e. The lowest BCUT2D eigenvalue weighted by molar-refractivity contribution is -0.147. The van der Waals surface area contributed by atoms with Gasteiger partial charge in [-0.05, 0) is 35.7 Å². The highest BCUT2D eigenvalue weighted by Gasteiger charge is 2.41. The first-order valence-electron chi connectivity index (χ1n) is 12.5. The van der Waals surface area contributed by atoms with Crippen molar-refractivity contribution in [2.45, 2.75) is 37.8 Å². The number of alkyl halides is 2. The number of rotatable bonds is 5. The van der Waals surface area contributed by atoms with E-state index in [2.05, 4.69) is 0 Å². The van der Waals surface area contributed by atoms with Gasteiger partial charge >= 0.3 is 5.92 Å². The molecule has 2 aliphatic rings. The van der Waals surface area contributed by atoms with E-state index in [1.54, 1.807) is 0 Å². The number of amides is 4. The van der Waals surface area contributed by atoms with Crippen molar-refractivity contribution in [1.29, 1.82) is 0 Å². The first-order valence-corrected chi connectivity index (χ1v) is 9.53. The predicted molar refractivity (Wildman–Crippen MR) is 110 cm³/mol. The Hall–Kier alpha value is -3.33. The molecule has 0 unspecified atom stereocenters. The van der Waals surface area contributed by atoms with Gasteiger partial charge in [-0.1, -0.05) is 35.9 Å². The number of carbonyl (C=O) groups is 4. The SMILES string of the molecule is [2H]N(Cc1ccc2c(c1)CN([C@]1([2H])C(=O)N([2H])C(=O)C([2H])([2H])C1([2H])[2H])C2=O)C(=O)C(F)(F)c1ccc(Cl)cc1. The first kappa shape index (κ1) is 14.7. The van der Waals surface area contributed by atoms with Crippen molar-refractivity contribution in [1.82, 2.24) is 15.5 Å². The van der Waals surface area contributed by atoms with E-state index in [0.29, 0.717) is 4.90 Å². The molecular formula is C22H18ClF2N3O4. The fraction of sp³-hybridized carbons (Fsp3) is 0.273. The maximum atomic E-state index is 14.7. The number of carbonyl (C=O) groups excluding carboxylic acids is 4. The van der Waals surface area contributed by atoms with Crippen molar-refractivity contribution in [3.05, 3.63) is 69.7 Å². The molecule has 0 aromatic heterocycles. The molecule has 2 aromatic carbocycles. The summed E-state index contributed by atoms with van der Waals surface area (Å²) in [6.45, 7) is -1.30. The van der Waals surface area contributed by atoms with Gasteiger partial charge < -0.3 is 10.2 Å². The van der Waals surface area contributed by atoms with Gasteiger partial charge in [-0.25, -0.2) is 0 Å². The van der Waals surface area contributed by atoms with Crippen LogP contribution >= 0.6 is 11.6 Å². The van der Waals surface area contributed by atoms with E-state index in [9.17, 15) is 28.0 Å². The third kappa shape index (κ3) is 4.08. The fourth-order valence-electron chi connectivity index (χ4n) is 3.22. The second-order valence-electron chi connectivity index (χ2n) is 6.91. The molecule has 2 heterocycles. The molecule has 0 bridgehead atoms. The Balaban J connectivity index is 1.60. The average Bonchev–Trinajstić information content (AvgIpc) is 3.21. The molecule has 0 saturated carbocycles. The van der Waals surface area contributed by atoms with E-state index in [-0.39, 0.29) is 27.0 Å². The average molecular weight is 469 g/mol. The summed E-state index contributed by atoms with van der Waals surface area (Å²) < 4.78 is 85.2. The van der Waals surface area contributed by atoms with Crippen LogP contribution in [0.1, 0.15) is 46.6 Å². The number of piperidine rings is 1. The number of fused-ring (bicyclic) bond motifs is 1. The van der Waals surface area contributed by atoms with Crippen molar-refractivity contribution in [2.24, 2.45) is 0 Å². The fourth-order valence-corrected chi connectivity index (χ4v) is 3.35. The molecular weight excluding hydrogens is 444 g/mol. The maximum Gasteiger partial charge on any atom is 0.349 e. The molecule has 1 saturated heterocycles. The minimum Gasteiger partial charge on any atom is -0.346 e. The van der Waals surface area contributed by atoms with Crippen LogP contribution in [0, 0.1) is 0 Å². The topological polar surface area (TPSA) is 95.6 Å². The summed E-state index contributed by atoms with van der Waals surface area (Å²) >= 11 is 5.69. The molecule has 7 nitrogen and oxygen atoms in total. The molecule has 10 heteroatoms. The number of halogens is 3. The van der Waals surface area contributed by atoms with Crippen LogP contribution < -0.4 is 10.6 Å². The molecule has 0 radical (unpaired) electrons. The lowest BCUT2D eigenvalue weighted by Gasteiger charge is -2.29. The second-order valence-corrected chi connectivity index (χ2v) is 7.34. The van der Waals surface area contributed by atoms with E-state index in [1.165, 1.54) is 12.1 Å². The number of nitrogens with one attached hydrogen (secondary N) is 2. The number of nitrogens with zero attached hydrogens (tertiary/aromatic N) is 1. The summed E-state index contributed by atoms with van der Waals surface area (Å²) in [6.07, 6.45) is -7.07. The molecule has 32 heavy (non-hydrogen) atoms. The molecule has 2 N–H and O–H groups in total. The van der Waals surface area contributed by atoms with E-state index in [0.717, 1.165) is 30.3 Å². The van der Waals surface area contributed by atoms with Gasteiger partial charge in [0.25, 0.3) is 11.8 Å². The van der Waals surface area contributed by atoms with Crippen LogP contribution in [-0.2, 0) is 33.4 Å². The molecule has 4 rings (SSSR count). The molecule has 1 fully saturated rings. The minimum absolute atomic E-state index is 0.0122. The summed E-state index contributed by atoms with van der Waals surface area (Å²) in [5.74, 6) is -10.6. The zero-order valence-corrected chi connectivity index (χ0v) is 16.8. The molecule has 0 aliphatic carbocycles. The Morgan fingerprint density at radius 3 is 2.75 bits per heavy atom. The Kier molecular flexibility index (Phi) is 3.81. The van der Waals surface area contributed by atoms with Gasteiger partial charge in [-0.15, -0.1) is 0 Å². The second kappa shape index (κ2) is 8.31. The normalized spacial score (nSPS) is 27.3. The summed E-state index contributed by atoms with van der Waals surface area (Å²) in [5, 5.41) is -0.305. The van der Waals surface area contributed by atoms with Crippen molar-refractivity contribution in [3.63, 3.8) is 0 Å². The number of imide groups is 1. The Labute approximate surface area is 196 Å². The molecule has 0 spiro atoms. The quantitative estimate of drug-likeness (QED) is 0.659. The van der Waals surface area contributed by atoms with Crippen LogP contribution in [0.2, 0.25) is 7.85 Å². The lowest BCUT2D eigenvalue weighted by atomic mass is 10.0. The predicted octanol–water partition coefficient (Wildman–Crippen LogP) is 2.51. The molecule has 1 atom stereocenters. The number of benzene rings is 2. The van der Waals surface area contributed by atoms with Crippen molar-refractivity contribution in [2.75, 3.05) is 0 Å². The first-order chi connectivity index (χ1) is 17.9. The zero-order chi connectivity index (χ0) is 29.3. The standard InChI is InChI=1S/C22H18ClF2N3O4/c23-15-4-2-14(3-5-15)22(24,25)21(32)26-10-12-1-6-16-13(9-12)11-28(20(16)31)17-7-8-18(29)27-19(17)30/h1-6,9,17H,7-8,10-11H2,(H,26,32)(H,27,29,30)/t17-/m0/s1/i7D2,8D2,17D/hD2. The van der Waals surface area contributed by atoms with E-state index in [1.807, 2.05) is 0 Å². The number of hydrogen-bond donors (Lipinski definition) is 2. The minimum atomic E-state index is -4.06. The highest BCUT2D eigenvalue weighted by molar-refractivity contribution is 6.30. The van der Waals surface area contributed by atoms with Gasteiger partial charge in [0.1, 0.15) is 6.02 Å². The summed E-state index contributed by atoms with van der Waals surface area (Å²) in [7, 11) is 0. The highest BCUT2D eigenvalue weighted by Crippen LogP contribution is 2.30. The molecule has 2 aliphatic heterocycles. The molecule has 166 valence electrons. The van der Waals surface area contributed by atoms with Crippen LogP contribution in [0.3, 0.4) is 0 Å². The summed E-state index contributed by atoms with van der Waals surface area (Å²) in [5.41, 5.74) is -0.661. The van der Waals surface area contributed by atoms with Crippen LogP contribution in [0.4, 0.5) is 8.78 Å². The Morgan fingerprint density at radius 1 is 1.31 bits per heavy atom. The van der Waals surface area contributed by atoms with Crippen LogP contribution in [0.15, 0.2) is 42.5 Å². The van der Waals surface area contributed by atoms with Gasteiger partial charge in [0.05, 0.1) is 1.37 Å². The van der Waals surface area contributed by atoms with Crippen molar-refractivity contribution >= 4 is 35.2 Å². The third-order valence-corrected chi connectivity index (χ3v) is 5.07.